The molecule has 0 unspecified atom stereocenters. The molecule has 1 aliphatic heterocycles. The van der Waals surface area contributed by atoms with E-state index in [1.165, 1.54) is 75.4 Å². The van der Waals surface area contributed by atoms with Crippen LogP contribution in [0.15, 0.2) is 52.6 Å². The molecule has 3 spiro atoms. The number of hydrogen-bond acceptors (Lipinski definition) is 2. The van der Waals surface area contributed by atoms with E-state index in [9.17, 15) is 5.11 Å². The quantitative estimate of drug-likeness (QED) is 0.395. The number of rotatable bonds is 5. The summed E-state index contributed by atoms with van der Waals surface area (Å²) in [5, 5.41) is 10.3. The molecule has 1 N–H and O–H groups in total. The molecule has 194 valence electrons. The van der Waals surface area contributed by atoms with Crippen LogP contribution in [0.25, 0.3) is 0 Å². The van der Waals surface area contributed by atoms with Crippen LogP contribution in [0.4, 0.5) is 0 Å². The van der Waals surface area contributed by atoms with Gasteiger partial charge in [0.25, 0.3) is 0 Å². The SMILES string of the molecule is C=C1C=C2[C@@]3(CC[C@@H](C[C@H](CO)CC4=CCN=C4)C3)CC3(CCCC3)[C@@H]3CC=C[C@@]4([C@@H]1C4(C)C)[C@@]23C. The van der Waals surface area contributed by atoms with Crippen molar-refractivity contribution in [3.63, 3.8) is 0 Å². The van der Waals surface area contributed by atoms with Crippen molar-refractivity contribution in [3.8, 4) is 0 Å². The summed E-state index contributed by atoms with van der Waals surface area (Å²) in [5.74, 6) is 2.52. The predicted molar refractivity (Wildman–Crippen MR) is 149 cm³/mol. The topological polar surface area (TPSA) is 32.6 Å². The zero-order valence-electron chi connectivity index (χ0n) is 23.0. The van der Waals surface area contributed by atoms with Crippen molar-refractivity contribution >= 4 is 6.21 Å². The summed E-state index contributed by atoms with van der Waals surface area (Å²) in [6.07, 6.45) is 26.9. The van der Waals surface area contributed by atoms with Crippen molar-refractivity contribution in [2.45, 2.75) is 91.4 Å². The molecule has 1 heterocycles. The van der Waals surface area contributed by atoms with Crippen LogP contribution in [0.5, 0.6) is 0 Å². The number of aliphatic imine (C=N–C) groups is 1. The number of aliphatic hydroxyl groups excluding tert-OH is 1. The number of allylic oxidation sites excluding steroid dienone is 6. The highest BCUT2D eigenvalue weighted by Crippen LogP contribution is 2.89. The Morgan fingerprint density at radius 2 is 1.97 bits per heavy atom. The summed E-state index contributed by atoms with van der Waals surface area (Å²) in [4.78, 5) is 4.38. The van der Waals surface area contributed by atoms with Gasteiger partial charge in [0.2, 0.25) is 0 Å². The molecular weight excluding hydrogens is 438 g/mol. The molecule has 4 fully saturated rings. The first-order chi connectivity index (χ1) is 17.2. The number of hydrogen-bond donors (Lipinski definition) is 1. The van der Waals surface area contributed by atoms with Crippen molar-refractivity contribution in [2.75, 3.05) is 13.2 Å². The van der Waals surface area contributed by atoms with Crippen molar-refractivity contribution < 1.29 is 5.11 Å². The van der Waals surface area contributed by atoms with Crippen LogP contribution in [-0.4, -0.2) is 24.5 Å². The second-order valence-corrected chi connectivity index (χ2v) is 14.9. The molecule has 0 radical (unpaired) electrons. The Labute approximate surface area is 219 Å². The van der Waals surface area contributed by atoms with Gasteiger partial charge < -0.3 is 5.11 Å². The Balaban J connectivity index is 1.26. The van der Waals surface area contributed by atoms with E-state index in [0.717, 1.165) is 24.8 Å². The Hall–Kier alpha value is -1.41. The van der Waals surface area contributed by atoms with Crippen molar-refractivity contribution in [2.24, 2.45) is 55.7 Å². The van der Waals surface area contributed by atoms with E-state index in [0.29, 0.717) is 34.7 Å². The average molecular weight is 486 g/mol. The molecule has 4 saturated carbocycles. The van der Waals surface area contributed by atoms with E-state index >= 15 is 0 Å². The minimum atomic E-state index is 0.271. The van der Waals surface area contributed by atoms with Crippen LogP contribution in [0, 0.1) is 50.7 Å². The third-order valence-corrected chi connectivity index (χ3v) is 13.2. The third-order valence-electron chi connectivity index (χ3n) is 13.2. The van der Waals surface area contributed by atoms with Gasteiger partial charge in [0.1, 0.15) is 0 Å². The van der Waals surface area contributed by atoms with Gasteiger partial charge in [-0.15, -0.1) is 0 Å². The van der Waals surface area contributed by atoms with Gasteiger partial charge in [-0.3, -0.25) is 4.99 Å². The monoisotopic (exact) mass is 485 g/mol. The molecule has 6 aliphatic carbocycles. The summed E-state index contributed by atoms with van der Waals surface area (Å²) >= 11 is 0. The van der Waals surface area contributed by atoms with Crippen LogP contribution < -0.4 is 0 Å². The molecule has 7 rings (SSSR count). The van der Waals surface area contributed by atoms with E-state index in [2.05, 4.69) is 50.1 Å². The first-order valence-electron chi connectivity index (χ1n) is 15.1. The van der Waals surface area contributed by atoms with E-state index in [1.807, 2.05) is 11.8 Å². The highest BCUT2D eigenvalue weighted by molar-refractivity contribution is 5.80. The fourth-order valence-electron chi connectivity index (χ4n) is 12.2. The number of fused-ring (bicyclic) bond motifs is 2. The van der Waals surface area contributed by atoms with Gasteiger partial charge in [-0.2, -0.15) is 0 Å². The van der Waals surface area contributed by atoms with E-state index < -0.39 is 0 Å². The van der Waals surface area contributed by atoms with Gasteiger partial charge in [0.05, 0.1) is 6.54 Å². The summed E-state index contributed by atoms with van der Waals surface area (Å²) < 4.78 is 0. The summed E-state index contributed by atoms with van der Waals surface area (Å²) in [7, 11) is 0. The van der Waals surface area contributed by atoms with Crippen LogP contribution in [0.2, 0.25) is 0 Å². The second-order valence-electron chi connectivity index (χ2n) is 14.9. The Bertz CT molecular complexity index is 1100. The highest BCUT2D eigenvalue weighted by Gasteiger charge is 2.83. The lowest BCUT2D eigenvalue weighted by atomic mass is 9.38. The van der Waals surface area contributed by atoms with Crippen LogP contribution >= 0.6 is 0 Å². The Morgan fingerprint density at radius 3 is 2.69 bits per heavy atom. The van der Waals surface area contributed by atoms with Gasteiger partial charge in [-0.1, -0.05) is 75.6 Å². The fourth-order valence-corrected chi connectivity index (χ4v) is 12.2. The number of aliphatic hydroxyl groups is 1. The van der Waals surface area contributed by atoms with Crippen LogP contribution in [-0.2, 0) is 0 Å². The molecule has 0 aromatic heterocycles. The molecular formula is C34H47NO. The number of nitrogens with zero attached hydrogens (tertiary/aromatic N) is 1. The first-order valence-corrected chi connectivity index (χ1v) is 15.1. The molecule has 0 aromatic rings. The lowest BCUT2D eigenvalue weighted by Crippen LogP contribution is -2.58. The summed E-state index contributed by atoms with van der Waals surface area (Å²) in [6, 6.07) is 0. The van der Waals surface area contributed by atoms with Gasteiger partial charge in [-0.25, -0.2) is 0 Å². The van der Waals surface area contributed by atoms with Gasteiger partial charge in [-0.05, 0) is 103 Å². The molecule has 2 heteroatoms. The third kappa shape index (κ3) is 2.76. The first kappa shape index (κ1) is 23.7. The van der Waals surface area contributed by atoms with Gasteiger partial charge in [0.15, 0.2) is 0 Å². The highest BCUT2D eigenvalue weighted by atomic mass is 16.3. The Kier molecular flexibility index (Phi) is 4.99. The molecule has 0 amide bonds. The predicted octanol–water partition coefficient (Wildman–Crippen LogP) is 7.86. The molecule has 7 aliphatic rings. The lowest BCUT2D eigenvalue weighted by molar-refractivity contribution is -0.0798. The fraction of sp³-hybridized carbons (Fsp3) is 0.735. The normalized spacial score (nSPS) is 45.6. The maximum Gasteiger partial charge on any atom is 0.0576 e. The molecule has 36 heavy (non-hydrogen) atoms. The molecule has 0 saturated heterocycles. The second kappa shape index (κ2) is 7.58. The van der Waals surface area contributed by atoms with Crippen LogP contribution in [0.1, 0.15) is 91.4 Å². The summed E-state index contributed by atoms with van der Waals surface area (Å²) in [6.45, 7) is 13.7. The van der Waals surface area contributed by atoms with Crippen LogP contribution in [0.3, 0.4) is 0 Å². The largest absolute Gasteiger partial charge is 0.396 e. The zero-order valence-corrected chi connectivity index (χ0v) is 23.0. The van der Waals surface area contributed by atoms with Gasteiger partial charge >= 0.3 is 0 Å². The smallest absolute Gasteiger partial charge is 0.0576 e. The van der Waals surface area contributed by atoms with E-state index in [4.69, 9.17) is 6.58 Å². The van der Waals surface area contributed by atoms with Crippen molar-refractivity contribution in [1.29, 1.82) is 0 Å². The van der Waals surface area contributed by atoms with Crippen molar-refractivity contribution in [3.05, 3.63) is 47.6 Å². The standard InChI is InChI=1S/C34H47NO/c1-23-16-28-31(4)27(8-7-13-34(31)29(23)30(34,2)3)32(11-5-6-12-32)22-33(28)14-9-24(19-33)17-26(21-36)18-25-10-15-35-20-25/h7,10,13,16,20,24,26-27,29,36H,1,5-6,8-9,11-12,14-15,17-19,21-22H2,2-4H3/t24-,26-,27+,29-,31+,33+,34-/m0/s1. The lowest BCUT2D eigenvalue weighted by Gasteiger charge is -2.66. The Morgan fingerprint density at radius 1 is 1.17 bits per heavy atom. The minimum absolute atomic E-state index is 0.271. The van der Waals surface area contributed by atoms with Crippen molar-refractivity contribution in [1.82, 2.24) is 0 Å². The average Bonchev–Trinajstić information content (AvgIpc) is 3.42. The molecule has 7 atom stereocenters. The molecule has 2 nitrogen and oxygen atoms in total. The molecule has 0 bridgehead atoms. The minimum Gasteiger partial charge on any atom is -0.396 e. The van der Waals surface area contributed by atoms with E-state index in [-0.39, 0.29) is 10.8 Å². The molecule has 0 aromatic carbocycles. The van der Waals surface area contributed by atoms with E-state index in [1.54, 1.807) is 0 Å². The van der Waals surface area contributed by atoms with Gasteiger partial charge in [0, 0.05) is 23.7 Å². The summed E-state index contributed by atoms with van der Waals surface area (Å²) in [5.41, 5.74) is 6.31. The maximum atomic E-state index is 10.3. The zero-order chi connectivity index (χ0) is 25.0. The maximum absolute atomic E-state index is 10.3.